The summed E-state index contributed by atoms with van der Waals surface area (Å²) in [7, 11) is 4.58. The summed E-state index contributed by atoms with van der Waals surface area (Å²) in [5, 5.41) is 9.13. The van der Waals surface area contributed by atoms with Crippen molar-refractivity contribution in [1.29, 1.82) is 0 Å². The summed E-state index contributed by atoms with van der Waals surface area (Å²) in [4.78, 5) is 28.5. The van der Waals surface area contributed by atoms with Crippen LogP contribution in [0.25, 0.3) is 17.1 Å². The van der Waals surface area contributed by atoms with E-state index in [1.807, 2.05) is 0 Å². The molecule has 9 heteroatoms. The van der Waals surface area contributed by atoms with Crippen LogP contribution in [-0.4, -0.2) is 41.8 Å². The minimum absolute atomic E-state index is 0.0479. The van der Waals surface area contributed by atoms with Crippen molar-refractivity contribution >= 4 is 34.4 Å². The Morgan fingerprint density at radius 1 is 1.14 bits per heavy atom. The van der Waals surface area contributed by atoms with Crippen molar-refractivity contribution in [3.05, 3.63) is 50.4 Å². The van der Waals surface area contributed by atoms with Gasteiger partial charge in [0.1, 0.15) is 4.88 Å². The number of thiazole rings is 1. The van der Waals surface area contributed by atoms with Crippen LogP contribution in [0.3, 0.4) is 0 Å². The van der Waals surface area contributed by atoms with Gasteiger partial charge in [-0.25, -0.2) is 9.78 Å². The van der Waals surface area contributed by atoms with Gasteiger partial charge in [-0.05, 0) is 31.2 Å². The SMILES string of the molecule is COc1ccc(/C=C/c2nc3sc(C(=O)O)cn3c(=O)c2C)c(OC)c1OC. The van der Waals surface area contributed by atoms with Gasteiger partial charge in [-0.3, -0.25) is 9.20 Å². The summed E-state index contributed by atoms with van der Waals surface area (Å²) in [5.41, 5.74) is 1.25. The minimum atomic E-state index is -1.10. The predicted molar refractivity (Wildman–Crippen MR) is 106 cm³/mol. The van der Waals surface area contributed by atoms with E-state index in [1.165, 1.54) is 31.9 Å². The van der Waals surface area contributed by atoms with Gasteiger partial charge in [0.25, 0.3) is 5.56 Å². The Morgan fingerprint density at radius 2 is 1.86 bits per heavy atom. The second-order valence-corrected chi connectivity index (χ2v) is 6.75. The Labute approximate surface area is 164 Å². The third-order valence-corrected chi connectivity index (χ3v) is 5.13. The first kappa shape index (κ1) is 19.4. The fraction of sp³-hybridized carbons (Fsp3) is 0.211. The van der Waals surface area contributed by atoms with Crippen LogP contribution in [0.4, 0.5) is 0 Å². The maximum absolute atomic E-state index is 12.5. The second kappa shape index (κ2) is 7.73. The third-order valence-electron chi connectivity index (χ3n) is 4.16. The Hall–Kier alpha value is -3.33. The number of carboxylic acids is 1. The molecule has 28 heavy (non-hydrogen) atoms. The van der Waals surface area contributed by atoms with Crippen LogP contribution in [0.1, 0.15) is 26.5 Å². The summed E-state index contributed by atoms with van der Waals surface area (Å²) in [6.07, 6.45) is 4.72. The van der Waals surface area contributed by atoms with E-state index < -0.39 is 5.97 Å². The van der Waals surface area contributed by atoms with Gasteiger partial charge in [0.15, 0.2) is 16.5 Å². The number of hydrogen-bond donors (Lipinski definition) is 1. The quantitative estimate of drug-likeness (QED) is 0.677. The molecule has 0 fully saturated rings. The molecule has 0 radical (unpaired) electrons. The van der Waals surface area contributed by atoms with Crippen LogP contribution < -0.4 is 19.8 Å². The number of methoxy groups -OCH3 is 3. The molecule has 1 aromatic carbocycles. The molecule has 0 amide bonds. The highest BCUT2D eigenvalue weighted by molar-refractivity contribution is 7.18. The van der Waals surface area contributed by atoms with Gasteiger partial charge < -0.3 is 19.3 Å². The van der Waals surface area contributed by atoms with E-state index in [4.69, 9.17) is 19.3 Å². The average Bonchev–Trinajstić information content (AvgIpc) is 3.13. The number of ether oxygens (including phenoxy) is 3. The van der Waals surface area contributed by atoms with Crippen molar-refractivity contribution in [2.75, 3.05) is 21.3 Å². The zero-order chi connectivity index (χ0) is 20.4. The van der Waals surface area contributed by atoms with E-state index in [1.54, 1.807) is 31.2 Å². The topological polar surface area (TPSA) is 99.4 Å². The highest BCUT2D eigenvalue weighted by Gasteiger charge is 2.16. The zero-order valence-electron chi connectivity index (χ0n) is 15.7. The molecule has 2 heterocycles. The number of fused-ring (bicyclic) bond motifs is 1. The lowest BCUT2D eigenvalue weighted by Gasteiger charge is -2.14. The molecule has 1 N–H and O–H groups in total. The Kier molecular flexibility index (Phi) is 5.36. The van der Waals surface area contributed by atoms with E-state index in [0.717, 1.165) is 11.3 Å². The van der Waals surface area contributed by atoms with Crippen LogP contribution in [0.5, 0.6) is 17.2 Å². The second-order valence-electron chi connectivity index (χ2n) is 5.74. The molecule has 0 bridgehead atoms. The largest absolute Gasteiger partial charge is 0.493 e. The molecule has 0 atom stereocenters. The van der Waals surface area contributed by atoms with Gasteiger partial charge >= 0.3 is 5.97 Å². The van der Waals surface area contributed by atoms with E-state index in [0.29, 0.717) is 39.0 Å². The molecule has 146 valence electrons. The van der Waals surface area contributed by atoms with Gasteiger partial charge in [0, 0.05) is 17.3 Å². The number of rotatable bonds is 6. The fourth-order valence-electron chi connectivity index (χ4n) is 2.73. The lowest BCUT2D eigenvalue weighted by Crippen LogP contribution is -2.17. The summed E-state index contributed by atoms with van der Waals surface area (Å²) in [6.45, 7) is 1.64. The number of aromatic nitrogens is 2. The third kappa shape index (κ3) is 3.31. The highest BCUT2D eigenvalue weighted by Crippen LogP contribution is 2.40. The first-order valence-electron chi connectivity index (χ1n) is 8.14. The molecular weight excluding hydrogens is 384 g/mol. The Balaban J connectivity index is 2.10. The number of hydrogen-bond acceptors (Lipinski definition) is 7. The summed E-state index contributed by atoms with van der Waals surface area (Å²) < 4.78 is 17.3. The first-order chi connectivity index (χ1) is 13.4. The van der Waals surface area contributed by atoms with E-state index in [-0.39, 0.29) is 10.4 Å². The lowest BCUT2D eigenvalue weighted by molar-refractivity contribution is 0.0701. The monoisotopic (exact) mass is 402 g/mol. The molecule has 0 aliphatic carbocycles. The van der Waals surface area contributed by atoms with E-state index in [9.17, 15) is 9.59 Å². The molecule has 0 saturated carbocycles. The Morgan fingerprint density at radius 3 is 2.46 bits per heavy atom. The Bertz CT molecular complexity index is 1150. The van der Waals surface area contributed by atoms with Crippen molar-refractivity contribution < 1.29 is 24.1 Å². The highest BCUT2D eigenvalue weighted by atomic mass is 32.1. The average molecular weight is 402 g/mol. The molecule has 0 unspecified atom stereocenters. The molecule has 0 aliphatic rings. The standard InChI is InChI=1S/C19H18N2O6S/c1-10-12(20-19-21(17(10)22)9-14(28-19)18(23)24)7-5-11-6-8-13(25-2)16(27-4)15(11)26-3/h5-9H,1-4H3,(H,23,24)/b7-5+. The van der Waals surface area contributed by atoms with Crippen LogP contribution in [0.2, 0.25) is 0 Å². The molecule has 3 rings (SSSR count). The normalized spacial score (nSPS) is 11.1. The molecule has 8 nitrogen and oxygen atoms in total. The van der Waals surface area contributed by atoms with Crippen LogP contribution >= 0.6 is 11.3 Å². The zero-order valence-corrected chi connectivity index (χ0v) is 16.5. The van der Waals surface area contributed by atoms with Gasteiger partial charge in [0.2, 0.25) is 5.75 Å². The maximum atomic E-state index is 12.5. The van der Waals surface area contributed by atoms with Gasteiger partial charge in [-0.1, -0.05) is 11.3 Å². The molecule has 2 aromatic heterocycles. The molecule has 0 spiro atoms. The van der Waals surface area contributed by atoms with Crippen molar-refractivity contribution in [3.63, 3.8) is 0 Å². The molecule has 3 aromatic rings. The van der Waals surface area contributed by atoms with Crippen molar-refractivity contribution in [3.8, 4) is 17.2 Å². The summed E-state index contributed by atoms with van der Waals surface area (Å²) in [5.74, 6) is 0.375. The van der Waals surface area contributed by atoms with E-state index >= 15 is 0 Å². The van der Waals surface area contributed by atoms with E-state index in [2.05, 4.69) is 4.98 Å². The van der Waals surface area contributed by atoms with Gasteiger partial charge in [-0.15, -0.1) is 0 Å². The first-order valence-corrected chi connectivity index (χ1v) is 8.96. The van der Waals surface area contributed by atoms with Crippen molar-refractivity contribution in [1.82, 2.24) is 9.38 Å². The number of carboxylic acid groups (broad SMARTS) is 1. The fourth-order valence-corrected chi connectivity index (χ4v) is 3.55. The number of benzene rings is 1. The van der Waals surface area contributed by atoms with Crippen molar-refractivity contribution in [2.45, 2.75) is 6.92 Å². The molecule has 0 saturated heterocycles. The summed E-state index contributed by atoms with van der Waals surface area (Å²) in [6, 6.07) is 3.54. The summed E-state index contributed by atoms with van der Waals surface area (Å²) >= 11 is 0.940. The minimum Gasteiger partial charge on any atom is -0.493 e. The lowest BCUT2D eigenvalue weighted by atomic mass is 10.1. The van der Waals surface area contributed by atoms with Gasteiger partial charge in [0.05, 0.1) is 27.0 Å². The maximum Gasteiger partial charge on any atom is 0.347 e. The predicted octanol–water partition coefficient (Wildman–Crippen LogP) is 2.96. The van der Waals surface area contributed by atoms with Crippen LogP contribution in [0, 0.1) is 6.92 Å². The van der Waals surface area contributed by atoms with Crippen LogP contribution in [0.15, 0.2) is 23.1 Å². The molecular formula is C19H18N2O6S. The van der Waals surface area contributed by atoms with Gasteiger partial charge in [-0.2, -0.15) is 0 Å². The number of nitrogens with zero attached hydrogens (tertiary/aromatic N) is 2. The smallest absolute Gasteiger partial charge is 0.347 e. The van der Waals surface area contributed by atoms with Crippen LogP contribution in [-0.2, 0) is 0 Å². The number of aromatic carboxylic acids is 1. The molecule has 0 aliphatic heterocycles. The number of carbonyl (C=O) groups is 1. The van der Waals surface area contributed by atoms with Crippen molar-refractivity contribution in [2.24, 2.45) is 0 Å².